The highest BCUT2D eigenvalue weighted by molar-refractivity contribution is 9.10. The molecular weight excluding hydrogens is 366 g/mol. The van der Waals surface area contributed by atoms with E-state index in [1.165, 1.54) is 0 Å². The number of hydrogen-bond acceptors (Lipinski definition) is 2. The van der Waals surface area contributed by atoms with E-state index >= 15 is 0 Å². The highest BCUT2D eigenvalue weighted by Crippen LogP contribution is 2.34. The van der Waals surface area contributed by atoms with Gasteiger partial charge in [-0.15, -0.1) is 0 Å². The molecule has 3 nitrogen and oxygen atoms in total. The zero-order valence-electron chi connectivity index (χ0n) is 14.4. The smallest absolute Gasteiger partial charge is 0.220 e. The summed E-state index contributed by atoms with van der Waals surface area (Å²) in [6, 6.07) is 16.2. The molecule has 0 unspecified atom stereocenters. The van der Waals surface area contributed by atoms with Crippen molar-refractivity contribution in [1.29, 1.82) is 0 Å². The predicted octanol–water partition coefficient (Wildman–Crippen LogP) is 4.89. The number of methoxy groups -OCH3 is 1. The summed E-state index contributed by atoms with van der Waals surface area (Å²) < 4.78 is 6.30. The molecule has 1 amide bonds. The Kier molecular flexibility index (Phi) is 6.85. The molecule has 0 heterocycles. The molecule has 0 aliphatic rings. The molecule has 2 aromatic carbocycles. The lowest BCUT2D eigenvalue weighted by Crippen LogP contribution is -2.37. The molecule has 0 aliphatic heterocycles. The van der Waals surface area contributed by atoms with Crippen LogP contribution in [0.3, 0.4) is 0 Å². The van der Waals surface area contributed by atoms with Gasteiger partial charge in [-0.25, -0.2) is 0 Å². The first kappa shape index (κ1) is 18.5. The van der Waals surface area contributed by atoms with E-state index in [0.717, 1.165) is 27.8 Å². The van der Waals surface area contributed by atoms with Crippen LogP contribution in [0.2, 0.25) is 0 Å². The first-order valence-electron chi connectivity index (χ1n) is 8.24. The molecule has 2 rings (SSSR count). The van der Waals surface area contributed by atoms with Crippen molar-refractivity contribution in [2.75, 3.05) is 7.11 Å². The Morgan fingerprint density at radius 1 is 1.17 bits per heavy atom. The van der Waals surface area contributed by atoms with Gasteiger partial charge in [0.1, 0.15) is 5.75 Å². The fraction of sp³-hybridized carbons (Fsp3) is 0.350. The second-order valence-corrected chi connectivity index (χ2v) is 6.73. The highest BCUT2D eigenvalue weighted by atomic mass is 79.9. The van der Waals surface area contributed by atoms with E-state index in [2.05, 4.69) is 46.4 Å². The Morgan fingerprint density at radius 2 is 1.83 bits per heavy atom. The van der Waals surface area contributed by atoms with Crippen molar-refractivity contribution in [1.82, 2.24) is 5.32 Å². The van der Waals surface area contributed by atoms with Gasteiger partial charge in [0.15, 0.2) is 0 Å². The third-order valence-electron chi connectivity index (χ3n) is 4.08. The van der Waals surface area contributed by atoms with Crippen molar-refractivity contribution < 1.29 is 9.53 Å². The lowest BCUT2D eigenvalue weighted by Gasteiger charge is -2.27. The van der Waals surface area contributed by atoms with Crippen molar-refractivity contribution in [3.8, 4) is 5.75 Å². The summed E-state index contributed by atoms with van der Waals surface area (Å²) in [5, 5.41) is 3.14. The second kappa shape index (κ2) is 8.88. The van der Waals surface area contributed by atoms with Crippen LogP contribution in [0.4, 0.5) is 0 Å². The average molecular weight is 390 g/mol. The van der Waals surface area contributed by atoms with Crippen LogP contribution in [-0.4, -0.2) is 19.1 Å². The monoisotopic (exact) mass is 389 g/mol. The summed E-state index contributed by atoms with van der Waals surface area (Å²) in [7, 11) is 1.66. The molecule has 0 spiro atoms. The first-order chi connectivity index (χ1) is 11.6. The third kappa shape index (κ3) is 4.60. The summed E-state index contributed by atoms with van der Waals surface area (Å²) in [5.74, 6) is 0.982. The van der Waals surface area contributed by atoms with Gasteiger partial charge >= 0.3 is 0 Å². The number of hydrogen-bond donors (Lipinski definition) is 1. The average Bonchev–Trinajstić information content (AvgIpc) is 2.57. The largest absolute Gasteiger partial charge is 0.497 e. The second-order valence-electron chi connectivity index (χ2n) is 5.88. The van der Waals surface area contributed by atoms with Gasteiger partial charge in [-0.2, -0.15) is 0 Å². The van der Waals surface area contributed by atoms with E-state index in [1.54, 1.807) is 7.11 Å². The number of nitrogens with one attached hydrogen (secondary N) is 1. The normalized spacial score (nSPS) is 13.2. The minimum Gasteiger partial charge on any atom is -0.497 e. The summed E-state index contributed by atoms with van der Waals surface area (Å²) in [5.41, 5.74) is 2.30. The van der Waals surface area contributed by atoms with Crippen LogP contribution >= 0.6 is 15.9 Å². The van der Waals surface area contributed by atoms with Gasteiger partial charge in [0.2, 0.25) is 5.91 Å². The highest BCUT2D eigenvalue weighted by Gasteiger charge is 2.24. The molecule has 0 saturated carbocycles. The van der Waals surface area contributed by atoms with Gasteiger partial charge in [0, 0.05) is 22.9 Å². The Morgan fingerprint density at radius 3 is 2.42 bits per heavy atom. The van der Waals surface area contributed by atoms with Crippen molar-refractivity contribution in [2.45, 2.75) is 38.6 Å². The van der Waals surface area contributed by atoms with Crippen molar-refractivity contribution in [3.05, 3.63) is 64.1 Å². The number of ether oxygens (including phenoxy) is 1. The fourth-order valence-corrected chi connectivity index (χ4v) is 3.44. The van der Waals surface area contributed by atoms with Crippen LogP contribution in [0.15, 0.2) is 53.0 Å². The summed E-state index contributed by atoms with van der Waals surface area (Å²) in [4.78, 5) is 12.1. The third-order valence-corrected chi connectivity index (χ3v) is 4.80. The molecule has 0 aromatic heterocycles. The van der Waals surface area contributed by atoms with Crippen LogP contribution < -0.4 is 10.1 Å². The number of carbonyl (C=O) groups is 1. The van der Waals surface area contributed by atoms with Crippen LogP contribution in [-0.2, 0) is 4.79 Å². The molecule has 4 heteroatoms. The maximum absolute atomic E-state index is 12.1. The topological polar surface area (TPSA) is 38.3 Å². The van der Waals surface area contributed by atoms with Crippen LogP contribution in [0, 0.1) is 0 Å². The Balaban J connectivity index is 2.37. The Hall–Kier alpha value is -1.81. The van der Waals surface area contributed by atoms with Gasteiger partial charge in [-0.05, 0) is 42.7 Å². The number of benzene rings is 2. The quantitative estimate of drug-likeness (QED) is 0.731. The molecular formula is C20H24BrNO2. The minimum atomic E-state index is -0.0175. The van der Waals surface area contributed by atoms with Gasteiger partial charge in [0.25, 0.3) is 0 Å². The van der Waals surface area contributed by atoms with Crippen molar-refractivity contribution in [3.63, 3.8) is 0 Å². The van der Waals surface area contributed by atoms with E-state index in [-0.39, 0.29) is 17.9 Å². The van der Waals surface area contributed by atoms with Gasteiger partial charge in [-0.1, -0.05) is 53.2 Å². The van der Waals surface area contributed by atoms with E-state index in [9.17, 15) is 4.79 Å². The molecule has 128 valence electrons. The van der Waals surface area contributed by atoms with Crippen molar-refractivity contribution in [2.24, 2.45) is 0 Å². The lowest BCUT2D eigenvalue weighted by atomic mass is 9.85. The molecule has 0 aliphatic carbocycles. The Labute approximate surface area is 152 Å². The molecule has 0 saturated heterocycles. The molecule has 0 fully saturated rings. The molecule has 2 aromatic rings. The number of rotatable bonds is 7. The molecule has 0 bridgehead atoms. The maximum atomic E-state index is 12.1. The molecule has 1 N–H and O–H groups in total. The SMILES string of the molecule is CCCC(=O)N[C@H](C)[C@@H](c1ccc(OC)cc1)c1ccccc1Br. The van der Waals surface area contributed by atoms with Gasteiger partial charge in [0.05, 0.1) is 7.11 Å². The molecule has 24 heavy (non-hydrogen) atoms. The van der Waals surface area contributed by atoms with Crippen LogP contribution in [0.1, 0.15) is 43.7 Å². The first-order valence-corrected chi connectivity index (χ1v) is 9.03. The summed E-state index contributed by atoms with van der Waals surface area (Å²) >= 11 is 3.65. The summed E-state index contributed by atoms with van der Waals surface area (Å²) in [6.45, 7) is 4.07. The van der Waals surface area contributed by atoms with Crippen LogP contribution in [0.25, 0.3) is 0 Å². The van der Waals surface area contributed by atoms with Crippen molar-refractivity contribution >= 4 is 21.8 Å². The number of carbonyl (C=O) groups excluding carboxylic acids is 1. The minimum absolute atomic E-state index is 0.0175. The zero-order valence-corrected chi connectivity index (χ0v) is 16.0. The Bertz CT molecular complexity index is 670. The van der Waals surface area contributed by atoms with E-state index in [1.807, 2.05) is 37.3 Å². The zero-order chi connectivity index (χ0) is 17.5. The van der Waals surface area contributed by atoms with Crippen LogP contribution in [0.5, 0.6) is 5.75 Å². The predicted molar refractivity (Wildman–Crippen MR) is 101 cm³/mol. The van der Waals surface area contributed by atoms with Gasteiger partial charge < -0.3 is 10.1 Å². The number of amides is 1. The van der Waals surface area contributed by atoms with E-state index in [0.29, 0.717) is 6.42 Å². The molecule has 2 atom stereocenters. The van der Waals surface area contributed by atoms with E-state index in [4.69, 9.17) is 4.74 Å². The molecule has 0 radical (unpaired) electrons. The number of halogens is 1. The van der Waals surface area contributed by atoms with Gasteiger partial charge in [-0.3, -0.25) is 4.79 Å². The fourth-order valence-electron chi connectivity index (χ4n) is 2.91. The standard InChI is InChI=1S/C20H24BrNO2/c1-4-7-19(23)22-14(2)20(17-8-5-6-9-18(17)21)15-10-12-16(24-3)13-11-15/h5-6,8-14,20H,4,7H2,1-3H3,(H,22,23)/t14-,20+/m1/s1. The summed E-state index contributed by atoms with van der Waals surface area (Å²) in [6.07, 6.45) is 1.40. The van der Waals surface area contributed by atoms with E-state index < -0.39 is 0 Å². The maximum Gasteiger partial charge on any atom is 0.220 e. The lowest BCUT2D eigenvalue weighted by molar-refractivity contribution is -0.121.